The molecule has 0 aromatic carbocycles. The Labute approximate surface area is 267 Å². The minimum absolute atomic E-state index is 0.177. The highest BCUT2D eigenvalue weighted by atomic mass is 16.5. The van der Waals surface area contributed by atoms with Crippen molar-refractivity contribution in [3.8, 4) is 23.0 Å². The van der Waals surface area contributed by atoms with Crippen molar-refractivity contribution in [3.05, 3.63) is 57.7 Å². The highest BCUT2D eigenvalue weighted by molar-refractivity contribution is 5.94. The zero-order valence-corrected chi connectivity index (χ0v) is 26.4. The van der Waals surface area contributed by atoms with Crippen molar-refractivity contribution in [2.24, 2.45) is 11.8 Å². The molecule has 2 aliphatic heterocycles. The number of rotatable bonds is 11. The Kier molecular flexibility index (Phi) is 9.09. The van der Waals surface area contributed by atoms with Crippen molar-refractivity contribution < 1.29 is 42.8 Å². The minimum atomic E-state index is -0.758. The third-order valence-electron chi connectivity index (χ3n) is 8.97. The number of carbonyl (C=O) groups excluding carboxylic acids is 2. The SMILES string of the molecule is COc1cn2c(c1OCCCCCOc1cn3c(c1OC)C=[N+]([O-])C1=CCCC[C@H]1C3)C=[N+]([O-])C1=CCC(OC(C)=O)CC1C2=O. The van der Waals surface area contributed by atoms with E-state index in [0.29, 0.717) is 77.4 Å². The highest BCUT2D eigenvalue weighted by Crippen LogP contribution is 2.39. The van der Waals surface area contributed by atoms with Crippen LogP contribution in [0.3, 0.4) is 0 Å². The molecule has 0 spiro atoms. The van der Waals surface area contributed by atoms with Crippen LogP contribution in [0.4, 0.5) is 0 Å². The second-order valence-corrected chi connectivity index (χ2v) is 12.0. The first-order valence-electron chi connectivity index (χ1n) is 15.8. The molecule has 46 heavy (non-hydrogen) atoms. The maximum atomic E-state index is 13.5. The van der Waals surface area contributed by atoms with Gasteiger partial charge >= 0.3 is 5.97 Å². The molecule has 0 saturated heterocycles. The van der Waals surface area contributed by atoms with E-state index in [0.717, 1.165) is 42.5 Å². The second-order valence-electron chi connectivity index (χ2n) is 12.0. The molecule has 2 unspecified atom stereocenters. The molecular weight excluding hydrogens is 596 g/mol. The molecule has 2 aromatic rings. The van der Waals surface area contributed by atoms with Gasteiger partial charge in [0.15, 0.2) is 40.1 Å². The summed E-state index contributed by atoms with van der Waals surface area (Å²) >= 11 is 0. The van der Waals surface area contributed by atoms with Crippen LogP contribution in [0.25, 0.3) is 0 Å². The average molecular weight is 637 g/mol. The van der Waals surface area contributed by atoms with Gasteiger partial charge in [0.05, 0.1) is 45.7 Å². The Balaban J connectivity index is 1.05. The van der Waals surface area contributed by atoms with Gasteiger partial charge in [-0.1, -0.05) is 0 Å². The van der Waals surface area contributed by atoms with Gasteiger partial charge in [0.2, 0.25) is 24.0 Å². The maximum absolute atomic E-state index is 13.5. The zero-order chi connectivity index (χ0) is 32.4. The van der Waals surface area contributed by atoms with Gasteiger partial charge in [0, 0.05) is 26.3 Å². The third kappa shape index (κ3) is 6.10. The van der Waals surface area contributed by atoms with E-state index in [-0.39, 0.29) is 18.2 Å². The van der Waals surface area contributed by atoms with Gasteiger partial charge in [-0.3, -0.25) is 14.2 Å². The fraction of sp³-hybridized carbons (Fsp3) is 0.515. The molecule has 13 nitrogen and oxygen atoms in total. The van der Waals surface area contributed by atoms with E-state index in [9.17, 15) is 20.0 Å². The van der Waals surface area contributed by atoms with E-state index < -0.39 is 18.0 Å². The monoisotopic (exact) mass is 636 g/mol. The Bertz CT molecular complexity index is 1630. The largest absolute Gasteiger partial charge is 0.618 e. The topological polar surface area (TPSA) is 142 Å². The van der Waals surface area contributed by atoms with Gasteiger partial charge < -0.3 is 38.7 Å². The standard InChI is InChI=1S/C33H40N4O9/c1-21(38)46-23-11-12-26-24(15-23)33(39)35-20-29(42-2)32(28(35)18-37(26)41)45-14-8-4-7-13-44-30-19-34-16-22-9-5-6-10-25(22)36(40)17-27(34)31(30)43-3/h10,12,17-20,22-24H,4-9,11,13-16H2,1-3H3/t22-,23?,24?/m0/s1. The first-order chi connectivity index (χ1) is 22.3. The van der Waals surface area contributed by atoms with Crippen LogP contribution in [0.1, 0.15) is 74.5 Å². The maximum Gasteiger partial charge on any atom is 0.302 e. The van der Waals surface area contributed by atoms with Crippen LogP contribution in [-0.4, -0.2) is 76.5 Å². The number of nitrogens with zero attached hydrogens (tertiary/aromatic N) is 4. The van der Waals surface area contributed by atoms with Crippen LogP contribution in [0.15, 0.2) is 35.9 Å². The lowest BCUT2D eigenvalue weighted by Gasteiger charge is -2.25. The van der Waals surface area contributed by atoms with E-state index in [1.807, 2.05) is 16.8 Å². The summed E-state index contributed by atoms with van der Waals surface area (Å²) in [4.78, 5) is 25.0. The Morgan fingerprint density at radius 1 is 0.935 bits per heavy atom. The Hall–Kier alpha value is -4.68. The number of fused-ring (bicyclic) bond motifs is 4. The molecule has 6 rings (SSSR count). The number of hydroxylamine groups is 2. The van der Waals surface area contributed by atoms with Crippen molar-refractivity contribution in [1.29, 1.82) is 0 Å². The van der Waals surface area contributed by atoms with Crippen molar-refractivity contribution >= 4 is 24.3 Å². The molecule has 0 amide bonds. The normalized spacial score (nSPS) is 21.9. The predicted octanol–water partition coefficient (Wildman–Crippen LogP) is 4.37. The number of hydrogen-bond donors (Lipinski definition) is 0. The van der Waals surface area contributed by atoms with Gasteiger partial charge in [-0.2, -0.15) is 9.48 Å². The lowest BCUT2D eigenvalue weighted by Crippen LogP contribution is -2.33. The summed E-state index contributed by atoms with van der Waals surface area (Å²) in [5.74, 6) is 0.518. The minimum Gasteiger partial charge on any atom is -0.618 e. The average Bonchev–Trinajstić information content (AvgIpc) is 3.48. The molecule has 246 valence electrons. The van der Waals surface area contributed by atoms with E-state index in [2.05, 4.69) is 0 Å². The number of esters is 1. The number of ether oxygens (including phenoxy) is 5. The number of carbonyl (C=O) groups is 2. The predicted molar refractivity (Wildman–Crippen MR) is 167 cm³/mol. The van der Waals surface area contributed by atoms with Crippen LogP contribution in [0.2, 0.25) is 0 Å². The summed E-state index contributed by atoms with van der Waals surface area (Å²) in [6, 6.07) is 0. The fourth-order valence-electron chi connectivity index (χ4n) is 6.77. The summed E-state index contributed by atoms with van der Waals surface area (Å²) in [5, 5.41) is 25.9. The summed E-state index contributed by atoms with van der Waals surface area (Å²) in [6.45, 7) is 2.83. The van der Waals surface area contributed by atoms with E-state index in [1.54, 1.807) is 19.4 Å². The Morgan fingerprint density at radius 2 is 1.70 bits per heavy atom. The van der Waals surface area contributed by atoms with Crippen molar-refractivity contribution in [1.82, 2.24) is 9.13 Å². The number of methoxy groups -OCH3 is 2. The van der Waals surface area contributed by atoms with Crippen molar-refractivity contribution in [2.45, 2.75) is 70.9 Å². The zero-order valence-electron chi connectivity index (χ0n) is 26.4. The third-order valence-corrected chi connectivity index (χ3v) is 8.97. The number of allylic oxidation sites excluding steroid dienone is 3. The molecule has 4 heterocycles. The molecular formula is C33H40N4O9. The summed E-state index contributed by atoms with van der Waals surface area (Å²) in [5.41, 5.74) is 2.18. The first kappa shape index (κ1) is 31.3. The van der Waals surface area contributed by atoms with Crippen molar-refractivity contribution in [3.63, 3.8) is 0 Å². The van der Waals surface area contributed by atoms with Crippen LogP contribution in [0.5, 0.6) is 23.0 Å². The molecule has 0 radical (unpaired) electrons. The van der Waals surface area contributed by atoms with Crippen LogP contribution < -0.4 is 18.9 Å². The van der Waals surface area contributed by atoms with Gasteiger partial charge in [-0.05, 0) is 50.7 Å². The van der Waals surface area contributed by atoms with Crippen molar-refractivity contribution in [2.75, 3.05) is 27.4 Å². The number of unbranched alkanes of at least 4 members (excludes halogenated alkanes) is 2. The fourth-order valence-corrected chi connectivity index (χ4v) is 6.77. The number of hydrogen-bond acceptors (Lipinski definition) is 9. The second kappa shape index (κ2) is 13.4. The lowest BCUT2D eigenvalue weighted by molar-refractivity contribution is -0.406. The first-order valence-corrected chi connectivity index (χ1v) is 15.8. The quantitative estimate of drug-likeness (QED) is 0.152. The van der Waals surface area contributed by atoms with Gasteiger partial charge in [-0.15, -0.1) is 0 Å². The van der Waals surface area contributed by atoms with E-state index >= 15 is 0 Å². The molecule has 3 atom stereocenters. The van der Waals surface area contributed by atoms with Crippen LogP contribution in [-0.2, 0) is 16.1 Å². The highest BCUT2D eigenvalue weighted by Gasteiger charge is 2.41. The smallest absolute Gasteiger partial charge is 0.302 e. The van der Waals surface area contributed by atoms with Crippen LogP contribution >= 0.6 is 0 Å². The van der Waals surface area contributed by atoms with Gasteiger partial charge in [0.1, 0.15) is 12.0 Å². The molecule has 2 aromatic heterocycles. The molecule has 13 heteroatoms. The van der Waals surface area contributed by atoms with Crippen LogP contribution in [0, 0.1) is 22.3 Å². The molecule has 4 aliphatic rings. The molecule has 0 fully saturated rings. The molecule has 2 aliphatic carbocycles. The summed E-state index contributed by atoms with van der Waals surface area (Å²) < 4.78 is 33.7. The van der Waals surface area contributed by atoms with E-state index in [1.165, 1.54) is 31.0 Å². The Morgan fingerprint density at radius 3 is 2.46 bits per heavy atom. The van der Waals surface area contributed by atoms with Gasteiger partial charge in [-0.25, -0.2) is 0 Å². The lowest BCUT2D eigenvalue weighted by atomic mass is 9.89. The molecule has 0 bridgehead atoms. The summed E-state index contributed by atoms with van der Waals surface area (Å²) in [7, 11) is 3.06. The van der Waals surface area contributed by atoms with Gasteiger partial charge in [0.25, 0.3) is 0 Å². The molecule has 0 N–H and O–H groups in total. The summed E-state index contributed by atoms with van der Waals surface area (Å²) in [6.07, 6.45) is 15.4. The number of aromatic nitrogens is 2. The van der Waals surface area contributed by atoms with E-state index in [4.69, 9.17) is 23.7 Å². The molecule has 0 saturated carbocycles.